The van der Waals surface area contributed by atoms with Crippen LogP contribution in [0.15, 0.2) is 36.5 Å². The molecule has 1 amide bonds. The highest BCUT2D eigenvalue weighted by atomic mass is 16.5. The molecular weight excluding hydrogens is 230 g/mol. The molecule has 0 saturated heterocycles. The number of hydrogen-bond donors (Lipinski definition) is 2. The maximum atomic E-state index is 11.8. The van der Waals surface area contributed by atoms with E-state index in [4.69, 9.17) is 4.74 Å². The molecule has 1 unspecified atom stereocenters. The lowest BCUT2D eigenvalue weighted by Gasteiger charge is -2.14. The van der Waals surface area contributed by atoms with Crippen molar-refractivity contribution < 1.29 is 9.53 Å². The summed E-state index contributed by atoms with van der Waals surface area (Å²) in [5.74, 6) is 1.01. The molecule has 1 atom stereocenters. The highest BCUT2D eigenvalue weighted by molar-refractivity contribution is 5.93. The molecule has 94 valence electrons. The van der Waals surface area contributed by atoms with Crippen molar-refractivity contribution >= 4 is 11.7 Å². The average Bonchev–Trinajstić information content (AvgIpc) is 2.85. The highest BCUT2D eigenvalue weighted by Gasteiger charge is 2.15. The maximum absolute atomic E-state index is 11.8. The van der Waals surface area contributed by atoms with Crippen LogP contribution in [0.1, 0.15) is 12.5 Å². The lowest BCUT2D eigenvalue weighted by Crippen LogP contribution is -2.30. The van der Waals surface area contributed by atoms with E-state index < -0.39 is 6.10 Å². The van der Waals surface area contributed by atoms with Gasteiger partial charge in [-0.2, -0.15) is 5.10 Å². The van der Waals surface area contributed by atoms with Crippen LogP contribution in [0, 0.1) is 6.92 Å². The van der Waals surface area contributed by atoms with Gasteiger partial charge >= 0.3 is 0 Å². The Morgan fingerprint density at radius 3 is 2.67 bits per heavy atom. The van der Waals surface area contributed by atoms with Gasteiger partial charge in [-0.1, -0.05) is 17.7 Å². The fraction of sp³-hybridized carbons (Fsp3) is 0.231. The molecule has 1 heterocycles. The third-order valence-electron chi connectivity index (χ3n) is 2.46. The van der Waals surface area contributed by atoms with Crippen LogP contribution in [0.4, 0.5) is 5.82 Å². The van der Waals surface area contributed by atoms with E-state index in [1.165, 1.54) is 0 Å². The number of aromatic amines is 1. The SMILES string of the molecule is Cc1ccc(OC(C)C(=O)Nc2ccn[nH]2)cc1. The number of aryl methyl sites for hydroxylation is 1. The van der Waals surface area contributed by atoms with Crippen molar-refractivity contribution in [3.8, 4) is 5.75 Å². The second kappa shape index (κ2) is 5.35. The highest BCUT2D eigenvalue weighted by Crippen LogP contribution is 2.13. The van der Waals surface area contributed by atoms with E-state index in [0.717, 1.165) is 5.56 Å². The van der Waals surface area contributed by atoms with Crippen molar-refractivity contribution in [2.75, 3.05) is 5.32 Å². The van der Waals surface area contributed by atoms with Crippen LogP contribution in [0.3, 0.4) is 0 Å². The van der Waals surface area contributed by atoms with Gasteiger partial charge in [0, 0.05) is 6.07 Å². The first-order chi connectivity index (χ1) is 8.65. The first-order valence-electron chi connectivity index (χ1n) is 5.69. The first-order valence-corrected chi connectivity index (χ1v) is 5.69. The molecule has 0 bridgehead atoms. The minimum absolute atomic E-state index is 0.222. The monoisotopic (exact) mass is 245 g/mol. The van der Waals surface area contributed by atoms with Crippen molar-refractivity contribution in [2.45, 2.75) is 20.0 Å². The van der Waals surface area contributed by atoms with Crippen LogP contribution in [0.5, 0.6) is 5.75 Å². The van der Waals surface area contributed by atoms with Crippen molar-refractivity contribution in [3.05, 3.63) is 42.1 Å². The maximum Gasteiger partial charge on any atom is 0.266 e. The predicted octanol–water partition coefficient (Wildman–Crippen LogP) is 2.12. The quantitative estimate of drug-likeness (QED) is 0.867. The van der Waals surface area contributed by atoms with Gasteiger partial charge in [-0.25, -0.2) is 0 Å². The molecule has 1 aromatic heterocycles. The largest absolute Gasteiger partial charge is 0.481 e. The molecule has 0 radical (unpaired) electrons. The Labute approximate surface area is 105 Å². The average molecular weight is 245 g/mol. The smallest absolute Gasteiger partial charge is 0.266 e. The molecule has 0 aliphatic carbocycles. The standard InChI is InChI=1S/C13H15N3O2/c1-9-3-5-11(6-4-9)18-10(2)13(17)15-12-7-8-14-16-12/h3-8,10H,1-2H3,(H2,14,15,16,17). The second-order valence-corrected chi connectivity index (χ2v) is 4.03. The molecule has 0 fully saturated rings. The molecule has 2 rings (SSSR count). The number of aromatic nitrogens is 2. The zero-order chi connectivity index (χ0) is 13.0. The zero-order valence-electron chi connectivity index (χ0n) is 10.3. The number of benzene rings is 1. The molecule has 0 spiro atoms. The van der Waals surface area contributed by atoms with Gasteiger partial charge in [0.1, 0.15) is 11.6 Å². The number of carbonyl (C=O) groups excluding carboxylic acids is 1. The fourth-order valence-electron chi connectivity index (χ4n) is 1.43. The number of hydrogen-bond acceptors (Lipinski definition) is 3. The predicted molar refractivity (Wildman–Crippen MR) is 68.5 cm³/mol. The number of anilines is 1. The van der Waals surface area contributed by atoms with Gasteiger partial charge < -0.3 is 10.1 Å². The Morgan fingerprint density at radius 1 is 1.33 bits per heavy atom. The van der Waals surface area contributed by atoms with Gasteiger partial charge in [-0.15, -0.1) is 0 Å². The number of carbonyl (C=O) groups is 1. The molecular formula is C13H15N3O2. The first kappa shape index (κ1) is 12.2. The van der Waals surface area contributed by atoms with E-state index in [0.29, 0.717) is 11.6 Å². The molecule has 2 N–H and O–H groups in total. The summed E-state index contributed by atoms with van der Waals surface area (Å²) >= 11 is 0. The Balaban J connectivity index is 1.93. The molecule has 0 saturated carbocycles. The third-order valence-corrected chi connectivity index (χ3v) is 2.46. The van der Waals surface area contributed by atoms with E-state index in [9.17, 15) is 4.79 Å². The van der Waals surface area contributed by atoms with Gasteiger partial charge in [-0.05, 0) is 26.0 Å². The van der Waals surface area contributed by atoms with E-state index in [1.807, 2.05) is 31.2 Å². The molecule has 0 aliphatic heterocycles. The number of ether oxygens (including phenoxy) is 1. The Kier molecular flexibility index (Phi) is 3.62. The van der Waals surface area contributed by atoms with Gasteiger partial charge in [0.25, 0.3) is 5.91 Å². The zero-order valence-corrected chi connectivity index (χ0v) is 10.3. The molecule has 18 heavy (non-hydrogen) atoms. The lowest BCUT2D eigenvalue weighted by molar-refractivity contribution is -0.122. The van der Waals surface area contributed by atoms with E-state index in [2.05, 4.69) is 15.5 Å². The number of nitrogens with zero attached hydrogens (tertiary/aromatic N) is 1. The summed E-state index contributed by atoms with van der Waals surface area (Å²) in [7, 11) is 0. The Bertz CT molecular complexity index is 506. The number of nitrogens with one attached hydrogen (secondary N) is 2. The van der Waals surface area contributed by atoms with Crippen molar-refractivity contribution in [3.63, 3.8) is 0 Å². The molecule has 5 nitrogen and oxygen atoms in total. The van der Waals surface area contributed by atoms with Gasteiger partial charge in [0.2, 0.25) is 0 Å². The summed E-state index contributed by atoms with van der Waals surface area (Å²) in [6.45, 7) is 3.70. The molecule has 2 aromatic rings. The summed E-state index contributed by atoms with van der Waals surface area (Å²) < 4.78 is 5.53. The van der Waals surface area contributed by atoms with Crippen molar-refractivity contribution in [2.24, 2.45) is 0 Å². The topological polar surface area (TPSA) is 67.0 Å². The van der Waals surface area contributed by atoms with Crippen molar-refractivity contribution in [1.29, 1.82) is 0 Å². The van der Waals surface area contributed by atoms with Crippen LogP contribution in [0.25, 0.3) is 0 Å². The summed E-state index contributed by atoms with van der Waals surface area (Å²) in [4.78, 5) is 11.8. The fourth-order valence-corrected chi connectivity index (χ4v) is 1.43. The number of H-pyrrole nitrogens is 1. The van der Waals surface area contributed by atoms with Gasteiger partial charge in [0.15, 0.2) is 6.10 Å². The van der Waals surface area contributed by atoms with E-state index >= 15 is 0 Å². The van der Waals surface area contributed by atoms with Crippen LogP contribution in [-0.4, -0.2) is 22.2 Å². The molecule has 5 heteroatoms. The van der Waals surface area contributed by atoms with Crippen LogP contribution < -0.4 is 10.1 Å². The van der Waals surface area contributed by atoms with Crippen LogP contribution >= 0.6 is 0 Å². The van der Waals surface area contributed by atoms with Crippen LogP contribution in [0.2, 0.25) is 0 Å². The Hall–Kier alpha value is -2.30. The van der Waals surface area contributed by atoms with Crippen molar-refractivity contribution in [1.82, 2.24) is 10.2 Å². The Morgan fingerprint density at radius 2 is 2.06 bits per heavy atom. The summed E-state index contributed by atoms with van der Waals surface area (Å²) in [6, 6.07) is 9.24. The van der Waals surface area contributed by atoms with Gasteiger partial charge in [0.05, 0.1) is 6.20 Å². The van der Waals surface area contributed by atoms with Crippen LogP contribution in [-0.2, 0) is 4.79 Å². The van der Waals surface area contributed by atoms with E-state index in [1.54, 1.807) is 19.2 Å². The summed E-state index contributed by atoms with van der Waals surface area (Å²) in [6.07, 6.45) is 0.997. The normalized spacial score (nSPS) is 11.9. The number of amides is 1. The van der Waals surface area contributed by atoms with Gasteiger partial charge in [-0.3, -0.25) is 9.89 Å². The number of rotatable bonds is 4. The third kappa shape index (κ3) is 3.10. The molecule has 1 aromatic carbocycles. The molecule has 0 aliphatic rings. The second-order valence-electron chi connectivity index (χ2n) is 4.03. The lowest BCUT2D eigenvalue weighted by atomic mass is 10.2. The minimum Gasteiger partial charge on any atom is -0.481 e. The summed E-state index contributed by atoms with van der Waals surface area (Å²) in [5.41, 5.74) is 1.15. The van der Waals surface area contributed by atoms with E-state index in [-0.39, 0.29) is 5.91 Å². The summed E-state index contributed by atoms with van der Waals surface area (Å²) in [5, 5.41) is 9.08. The minimum atomic E-state index is -0.573.